The topological polar surface area (TPSA) is 82.6 Å². The van der Waals surface area contributed by atoms with Gasteiger partial charge in [0.05, 0.1) is 12.3 Å². The third-order valence-electron chi connectivity index (χ3n) is 3.31. The fraction of sp³-hybridized carbons (Fsp3) is 0.562. The van der Waals surface area contributed by atoms with Gasteiger partial charge in [0.2, 0.25) is 10.0 Å². The van der Waals surface area contributed by atoms with E-state index in [0.717, 1.165) is 18.5 Å². The molecule has 0 aliphatic carbocycles. The van der Waals surface area contributed by atoms with Gasteiger partial charge in [-0.1, -0.05) is 37.3 Å². The number of halogens is 1. The van der Waals surface area contributed by atoms with Crippen LogP contribution in [0.3, 0.4) is 0 Å². The van der Waals surface area contributed by atoms with Crippen molar-refractivity contribution in [3.05, 3.63) is 35.9 Å². The smallest absolute Gasteiger partial charge is 0.213 e. The van der Waals surface area contributed by atoms with E-state index in [4.69, 9.17) is 0 Å². The lowest BCUT2D eigenvalue weighted by atomic mass is 10.2. The highest BCUT2D eigenvalue weighted by atomic mass is 127. The molecular formula is C16H29IN4O2S. The van der Waals surface area contributed by atoms with Crippen LogP contribution in [0.2, 0.25) is 0 Å². The van der Waals surface area contributed by atoms with Gasteiger partial charge in [0.1, 0.15) is 0 Å². The molecule has 138 valence electrons. The van der Waals surface area contributed by atoms with Gasteiger partial charge in [0, 0.05) is 19.1 Å². The van der Waals surface area contributed by atoms with Gasteiger partial charge in [-0.25, -0.2) is 13.1 Å². The first kappa shape index (κ1) is 23.1. The summed E-state index contributed by atoms with van der Waals surface area (Å²) in [7, 11) is -3.34. The molecule has 1 atom stereocenters. The third kappa shape index (κ3) is 10.1. The molecule has 0 aliphatic rings. The molecule has 1 aromatic carbocycles. The molecule has 0 spiro atoms. The van der Waals surface area contributed by atoms with E-state index in [1.165, 1.54) is 0 Å². The van der Waals surface area contributed by atoms with Crippen LogP contribution in [-0.4, -0.2) is 39.3 Å². The Labute approximate surface area is 163 Å². The predicted molar refractivity (Wildman–Crippen MR) is 111 cm³/mol. The number of hydrogen-bond acceptors (Lipinski definition) is 3. The van der Waals surface area contributed by atoms with Crippen LogP contribution >= 0.6 is 24.0 Å². The number of rotatable bonds is 9. The highest BCUT2D eigenvalue weighted by molar-refractivity contribution is 14.0. The number of hydrogen-bond donors (Lipinski definition) is 3. The average Bonchev–Trinajstić information content (AvgIpc) is 2.54. The minimum absolute atomic E-state index is 0. The molecule has 0 aromatic heterocycles. The summed E-state index contributed by atoms with van der Waals surface area (Å²) in [6, 6.07) is 9.74. The Bertz CT molecular complexity index is 579. The second kappa shape index (κ2) is 12.5. The molecule has 3 N–H and O–H groups in total. The molecule has 0 radical (unpaired) electrons. The van der Waals surface area contributed by atoms with E-state index < -0.39 is 10.0 Å². The van der Waals surface area contributed by atoms with Gasteiger partial charge in [-0.05, 0) is 25.8 Å². The normalized spacial score (nSPS) is 13.0. The Morgan fingerprint density at radius 1 is 1.21 bits per heavy atom. The minimum atomic E-state index is -3.34. The molecule has 0 amide bonds. The lowest BCUT2D eigenvalue weighted by molar-refractivity contribution is 0.581. The maximum absolute atomic E-state index is 12.0. The highest BCUT2D eigenvalue weighted by Gasteiger charge is 2.10. The Balaban J connectivity index is 0.00000529. The first-order valence-electron chi connectivity index (χ1n) is 8.03. The van der Waals surface area contributed by atoms with Crippen molar-refractivity contribution in [2.75, 3.05) is 18.8 Å². The molecule has 0 saturated heterocycles. The molecule has 0 heterocycles. The highest BCUT2D eigenvalue weighted by Crippen LogP contribution is 1.99. The fourth-order valence-corrected chi connectivity index (χ4v) is 2.66. The van der Waals surface area contributed by atoms with Crippen LogP contribution in [0.15, 0.2) is 35.3 Å². The van der Waals surface area contributed by atoms with Crippen LogP contribution in [0.4, 0.5) is 0 Å². The number of sulfonamides is 1. The van der Waals surface area contributed by atoms with Crippen LogP contribution in [0.25, 0.3) is 0 Å². The van der Waals surface area contributed by atoms with Gasteiger partial charge in [-0.2, -0.15) is 0 Å². The average molecular weight is 468 g/mol. The van der Waals surface area contributed by atoms with Crippen LogP contribution in [0, 0.1) is 0 Å². The zero-order valence-electron chi connectivity index (χ0n) is 14.6. The van der Waals surface area contributed by atoms with Crippen LogP contribution in [0.5, 0.6) is 0 Å². The Morgan fingerprint density at radius 3 is 2.46 bits per heavy atom. The van der Waals surface area contributed by atoms with Crippen LogP contribution in [-0.2, 0) is 16.6 Å². The number of aliphatic imine (C=N–C) groups is 1. The number of guanidine groups is 1. The second-order valence-electron chi connectivity index (χ2n) is 5.34. The van der Waals surface area contributed by atoms with Gasteiger partial charge >= 0.3 is 0 Å². The van der Waals surface area contributed by atoms with E-state index in [9.17, 15) is 8.42 Å². The molecule has 0 bridgehead atoms. The van der Waals surface area contributed by atoms with Gasteiger partial charge in [0.25, 0.3) is 0 Å². The molecule has 1 rings (SSSR count). The molecule has 0 saturated carbocycles. The summed E-state index contributed by atoms with van der Waals surface area (Å²) in [6.45, 7) is 7.38. The number of nitrogens with one attached hydrogen (secondary N) is 3. The van der Waals surface area contributed by atoms with Gasteiger partial charge in [-0.3, -0.25) is 4.99 Å². The number of nitrogens with zero attached hydrogens (tertiary/aromatic N) is 1. The molecular weight excluding hydrogens is 439 g/mol. The van der Waals surface area contributed by atoms with Crippen LogP contribution in [0.1, 0.15) is 32.8 Å². The summed E-state index contributed by atoms with van der Waals surface area (Å²) >= 11 is 0. The van der Waals surface area contributed by atoms with Crippen molar-refractivity contribution in [2.45, 2.75) is 39.8 Å². The van der Waals surface area contributed by atoms with Gasteiger partial charge < -0.3 is 10.6 Å². The standard InChI is InChI=1S/C16H28N4O2S.HI/c1-4-14(3)20-16(17-5-2)18-11-12-23(21,22)19-13-15-9-7-6-8-10-15;/h6-10,14,19H,4-5,11-13H2,1-3H3,(H2,17,18,20);1H. The van der Waals surface area contributed by atoms with Crippen molar-refractivity contribution in [3.8, 4) is 0 Å². The van der Waals surface area contributed by atoms with Crippen molar-refractivity contribution >= 4 is 40.0 Å². The molecule has 1 unspecified atom stereocenters. The molecule has 6 nitrogen and oxygen atoms in total. The summed E-state index contributed by atoms with van der Waals surface area (Å²) in [5, 5.41) is 6.35. The van der Waals surface area contributed by atoms with Crippen molar-refractivity contribution in [2.24, 2.45) is 4.99 Å². The summed E-state index contributed by atoms with van der Waals surface area (Å²) in [5.41, 5.74) is 0.936. The first-order chi connectivity index (χ1) is 11.0. The summed E-state index contributed by atoms with van der Waals surface area (Å²) in [4.78, 5) is 4.32. The van der Waals surface area contributed by atoms with E-state index >= 15 is 0 Å². The molecule has 8 heteroatoms. The van der Waals surface area contributed by atoms with E-state index in [1.54, 1.807) is 0 Å². The SMILES string of the molecule is CCNC(=NCCS(=O)(=O)NCc1ccccc1)NC(C)CC.I. The minimum Gasteiger partial charge on any atom is -0.357 e. The molecule has 0 aliphatic heterocycles. The largest absolute Gasteiger partial charge is 0.357 e. The predicted octanol–water partition coefficient (Wildman–Crippen LogP) is 2.08. The summed E-state index contributed by atoms with van der Waals surface area (Å²) in [6.07, 6.45) is 0.974. The van der Waals surface area contributed by atoms with Crippen molar-refractivity contribution in [1.29, 1.82) is 0 Å². The van der Waals surface area contributed by atoms with Crippen molar-refractivity contribution in [3.63, 3.8) is 0 Å². The quantitative estimate of drug-likeness (QED) is 0.295. The van der Waals surface area contributed by atoms with E-state index in [-0.39, 0.29) is 36.3 Å². The summed E-state index contributed by atoms with van der Waals surface area (Å²) < 4.78 is 26.6. The zero-order valence-corrected chi connectivity index (χ0v) is 17.7. The van der Waals surface area contributed by atoms with Crippen molar-refractivity contribution in [1.82, 2.24) is 15.4 Å². The zero-order chi connectivity index (χ0) is 17.1. The molecule has 0 fully saturated rings. The van der Waals surface area contributed by atoms with Gasteiger partial charge in [-0.15, -0.1) is 24.0 Å². The number of benzene rings is 1. The lowest BCUT2D eigenvalue weighted by Gasteiger charge is -2.16. The third-order valence-corrected chi connectivity index (χ3v) is 4.61. The Kier molecular flexibility index (Phi) is 12.0. The van der Waals surface area contributed by atoms with E-state index in [2.05, 4.69) is 34.2 Å². The van der Waals surface area contributed by atoms with E-state index in [0.29, 0.717) is 18.5 Å². The maximum Gasteiger partial charge on any atom is 0.213 e. The first-order valence-corrected chi connectivity index (χ1v) is 9.68. The second-order valence-corrected chi connectivity index (χ2v) is 7.27. The Hall–Kier alpha value is -0.870. The van der Waals surface area contributed by atoms with Crippen molar-refractivity contribution < 1.29 is 8.42 Å². The van der Waals surface area contributed by atoms with E-state index in [1.807, 2.05) is 37.3 Å². The van der Waals surface area contributed by atoms with Crippen LogP contribution < -0.4 is 15.4 Å². The Morgan fingerprint density at radius 2 is 1.88 bits per heavy atom. The lowest BCUT2D eigenvalue weighted by Crippen LogP contribution is -2.42. The fourth-order valence-electron chi connectivity index (χ4n) is 1.79. The van der Waals surface area contributed by atoms with Gasteiger partial charge in [0.15, 0.2) is 5.96 Å². The molecule has 24 heavy (non-hydrogen) atoms. The summed E-state index contributed by atoms with van der Waals surface area (Å²) in [5.74, 6) is 0.622. The maximum atomic E-state index is 12.0. The monoisotopic (exact) mass is 468 g/mol. The molecule has 1 aromatic rings.